The van der Waals surface area contributed by atoms with Gasteiger partial charge in [-0.3, -0.25) is 4.79 Å². The highest BCUT2D eigenvalue weighted by Crippen LogP contribution is 2.28. The van der Waals surface area contributed by atoms with Gasteiger partial charge in [-0.2, -0.15) is 0 Å². The molecule has 0 spiro atoms. The summed E-state index contributed by atoms with van der Waals surface area (Å²) >= 11 is 0. The Morgan fingerprint density at radius 2 is 1.95 bits per heavy atom. The SMILES string of the molecule is O=C1c2ccccc2CCN1CC(O)C1CCCCC1. The minimum atomic E-state index is -0.357. The number of hydrogen-bond donors (Lipinski definition) is 1. The van der Waals surface area contributed by atoms with Crippen molar-refractivity contribution in [2.75, 3.05) is 13.1 Å². The monoisotopic (exact) mass is 273 g/mol. The van der Waals surface area contributed by atoms with Gasteiger partial charge in [-0.15, -0.1) is 0 Å². The number of β-amino-alcohol motifs (C(OH)–C–C–N with tert-alkyl or cyclic N) is 1. The third-order valence-electron chi connectivity index (χ3n) is 4.79. The number of amides is 1. The highest BCUT2D eigenvalue weighted by molar-refractivity contribution is 5.96. The molecule has 1 aliphatic heterocycles. The normalized spacial score (nSPS) is 21.6. The van der Waals surface area contributed by atoms with E-state index in [0.717, 1.165) is 36.9 Å². The van der Waals surface area contributed by atoms with Gasteiger partial charge in [0.25, 0.3) is 5.91 Å². The molecule has 3 rings (SSSR count). The molecule has 0 saturated heterocycles. The Balaban J connectivity index is 1.65. The van der Waals surface area contributed by atoms with Crippen LogP contribution in [0.1, 0.15) is 48.0 Å². The molecule has 3 heteroatoms. The van der Waals surface area contributed by atoms with E-state index in [9.17, 15) is 9.90 Å². The van der Waals surface area contributed by atoms with Crippen LogP contribution in [0.25, 0.3) is 0 Å². The Morgan fingerprint density at radius 3 is 2.75 bits per heavy atom. The van der Waals surface area contributed by atoms with Crippen molar-refractivity contribution < 1.29 is 9.90 Å². The van der Waals surface area contributed by atoms with Crippen molar-refractivity contribution in [1.82, 2.24) is 4.90 Å². The Hall–Kier alpha value is -1.35. The fourth-order valence-electron chi connectivity index (χ4n) is 3.54. The molecule has 3 nitrogen and oxygen atoms in total. The van der Waals surface area contributed by atoms with Gasteiger partial charge < -0.3 is 10.0 Å². The van der Waals surface area contributed by atoms with E-state index in [1.165, 1.54) is 19.3 Å². The summed E-state index contributed by atoms with van der Waals surface area (Å²) in [6.45, 7) is 1.23. The van der Waals surface area contributed by atoms with Crippen LogP contribution in [0.3, 0.4) is 0 Å². The number of hydrogen-bond acceptors (Lipinski definition) is 2. The lowest BCUT2D eigenvalue weighted by atomic mass is 9.85. The number of nitrogens with zero attached hydrogens (tertiary/aromatic N) is 1. The highest BCUT2D eigenvalue weighted by Gasteiger charge is 2.29. The van der Waals surface area contributed by atoms with E-state index >= 15 is 0 Å². The number of fused-ring (bicyclic) bond motifs is 1. The smallest absolute Gasteiger partial charge is 0.254 e. The van der Waals surface area contributed by atoms with Gasteiger partial charge in [0.1, 0.15) is 0 Å². The van der Waals surface area contributed by atoms with Gasteiger partial charge in [0, 0.05) is 18.7 Å². The molecular weight excluding hydrogens is 250 g/mol. The molecule has 1 N–H and O–H groups in total. The van der Waals surface area contributed by atoms with Gasteiger partial charge in [0.2, 0.25) is 0 Å². The quantitative estimate of drug-likeness (QED) is 0.919. The van der Waals surface area contributed by atoms with E-state index in [1.54, 1.807) is 0 Å². The minimum absolute atomic E-state index is 0.0849. The molecule has 1 unspecified atom stereocenters. The van der Waals surface area contributed by atoms with E-state index in [4.69, 9.17) is 0 Å². The molecule has 0 aromatic heterocycles. The number of aliphatic hydroxyl groups is 1. The van der Waals surface area contributed by atoms with E-state index in [2.05, 4.69) is 0 Å². The van der Waals surface area contributed by atoms with E-state index in [1.807, 2.05) is 29.2 Å². The lowest BCUT2D eigenvalue weighted by molar-refractivity contribution is 0.0373. The number of benzene rings is 1. The molecule has 1 amide bonds. The zero-order valence-electron chi connectivity index (χ0n) is 11.9. The number of rotatable bonds is 3. The zero-order chi connectivity index (χ0) is 13.9. The van der Waals surface area contributed by atoms with Crippen LogP contribution < -0.4 is 0 Å². The molecule has 1 saturated carbocycles. The molecule has 1 heterocycles. The van der Waals surface area contributed by atoms with Crippen molar-refractivity contribution in [2.24, 2.45) is 5.92 Å². The first-order valence-corrected chi connectivity index (χ1v) is 7.81. The van der Waals surface area contributed by atoms with Crippen LogP contribution in [0.15, 0.2) is 24.3 Å². The molecular formula is C17H23NO2. The molecule has 0 radical (unpaired) electrons. The summed E-state index contributed by atoms with van der Waals surface area (Å²) in [5.74, 6) is 0.468. The summed E-state index contributed by atoms with van der Waals surface area (Å²) < 4.78 is 0. The molecule has 1 aliphatic carbocycles. The van der Waals surface area contributed by atoms with Crippen LogP contribution in [0.2, 0.25) is 0 Å². The molecule has 1 fully saturated rings. The summed E-state index contributed by atoms with van der Waals surface area (Å²) in [4.78, 5) is 14.3. The standard InChI is InChI=1S/C17H23NO2/c19-16(14-7-2-1-3-8-14)12-18-11-10-13-6-4-5-9-15(13)17(18)20/h4-6,9,14,16,19H,1-3,7-8,10-12H2. The molecule has 20 heavy (non-hydrogen) atoms. The van der Waals surface area contributed by atoms with Crippen LogP contribution in [-0.4, -0.2) is 35.1 Å². The maximum absolute atomic E-state index is 12.4. The Labute approximate surface area is 120 Å². The van der Waals surface area contributed by atoms with Gasteiger partial charge in [-0.05, 0) is 36.8 Å². The van der Waals surface area contributed by atoms with Gasteiger partial charge in [0.15, 0.2) is 0 Å². The second kappa shape index (κ2) is 5.96. The van der Waals surface area contributed by atoms with E-state index < -0.39 is 0 Å². The third-order valence-corrected chi connectivity index (χ3v) is 4.79. The van der Waals surface area contributed by atoms with Crippen molar-refractivity contribution in [1.29, 1.82) is 0 Å². The number of carbonyl (C=O) groups is 1. The first-order chi connectivity index (χ1) is 9.75. The maximum Gasteiger partial charge on any atom is 0.254 e. The Kier molecular flexibility index (Phi) is 4.06. The van der Waals surface area contributed by atoms with Gasteiger partial charge in [-0.25, -0.2) is 0 Å². The predicted octanol–water partition coefficient (Wildman–Crippen LogP) is 2.63. The summed E-state index contributed by atoms with van der Waals surface area (Å²) in [6, 6.07) is 7.83. The molecule has 2 aliphatic rings. The largest absolute Gasteiger partial charge is 0.391 e. The van der Waals surface area contributed by atoms with Crippen molar-refractivity contribution in [3.63, 3.8) is 0 Å². The summed E-state index contributed by atoms with van der Waals surface area (Å²) in [6.07, 6.45) is 6.50. The number of aliphatic hydroxyl groups excluding tert-OH is 1. The fraction of sp³-hybridized carbons (Fsp3) is 0.588. The lowest BCUT2D eigenvalue weighted by Crippen LogP contribution is -2.44. The fourth-order valence-corrected chi connectivity index (χ4v) is 3.54. The zero-order valence-corrected chi connectivity index (χ0v) is 11.9. The summed E-state index contributed by atoms with van der Waals surface area (Å²) in [7, 11) is 0. The molecule has 1 aromatic rings. The van der Waals surface area contributed by atoms with Crippen LogP contribution >= 0.6 is 0 Å². The predicted molar refractivity (Wildman–Crippen MR) is 78.6 cm³/mol. The first-order valence-electron chi connectivity index (χ1n) is 7.81. The van der Waals surface area contributed by atoms with Crippen molar-refractivity contribution in [2.45, 2.75) is 44.6 Å². The Bertz CT molecular complexity index is 480. The highest BCUT2D eigenvalue weighted by atomic mass is 16.3. The third kappa shape index (κ3) is 2.73. The van der Waals surface area contributed by atoms with Gasteiger partial charge in [0.05, 0.1) is 6.10 Å². The lowest BCUT2D eigenvalue weighted by Gasteiger charge is -2.34. The second-order valence-electron chi connectivity index (χ2n) is 6.12. The molecule has 1 aromatic carbocycles. The van der Waals surface area contributed by atoms with Crippen LogP contribution in [0.4, 0.5) is 0 Å². The van der Waals surface area contributed by atoms with Crippen LogP contribution in [0, 0.1) is 5.92 Å². The second-order valence-corrected chi connectivity index (χ2v) is 6.12. The molecule has 1 atom stereocenters. The maximum atomic E-state index is 12.4. The van der Waals surface area contributed by atoms with E-state index in [0.29, 0.717) is 12.5 Å². The Morgan fingerprint density at radius 1 is 1.20 bits per heavy atom. The van der Waals surface area contributed by atoms with Gasteiger partial charge >= 0.3 is 0 Å². The van der Waals surface area contributed by atoms with Crippen LogP contribution in [-0.2, 0) is 6.42 Å². The van der Waals surface area contributed by atoms with Crippen LogP contribution in [0.5, 0.6) is 0 Å². The average Bonchev–Trinajstić information content (AvgIpc) is 2.51. The van der Waals surface area contributed by atoms with Crippen molar-refractivity contribution in [3.8, 4) is 0 Å². The topological polar surface area (TPSA) is 40.5 Å². The van der Waals surface area contributed by atoms with Crippen molar-refractivity contribution in [3.05, 3.63) is 35.4 Å². The summed E-state index contributed by atoms with van der Waals surface area (Å²) in [5.41, 5.74) is 1.95. The average molecular weight is 273 g/mol. The molecule has 108 valence electrons. The summed E-state index contributed by atoms with van der Waals surface area (Å²) in [5, 5.41) is 10.4. The van der Waals surface area contributed by atoms with Gasteiger partial charge in [-0.1, -0.05) is 37.5 Å². The number of carbonyl (C=O) groups excluding carboxylic acids is 1. The molecule has 0 bridgehead atoms. The van der Waals surface area contributed by atoms with Crippen molar-refractivity contribution >= 4 is 5.91 Å². The minimum Gasteiger partial charge on any atom is -0.391 e. The first kappa shape index (κ1) is 13.6. The van der Waals surface area contributed by atoms with E-state index in [-0.39, 0.29) is 12.0 Å².